The molecule has 7 nitrogen and oxygen atoms in total. The number of nitro benzene ring substituents is 1. The van der Waals surface area contributed by atoms with E-state index in [1.54, 1.807) is 12.1 Å². The third-order valence-corrected chi connectivity index (χ3v) is 5.37. The Morgan fingerprint density at radius 2 is 2.07 bits per heavy atom. The van der Waals surface area contributed by atoms with Crippen molar-refractivity contribution in [3.63, 3.8) is 0 Å². The molecule has 0 fully saturated rings. The lowest BCUT2D eigenvalue weighted by Crippen LogP contribution is -2.29. The number of thioether (sulfide) groups is 1. The molecule has 2 aromatic carbocycles. The lowest BCUT2D eigenvalue weighted by atomic mass is 9.89. The Morgan fingerprint density at radius 3 is 2.72 bits per heavy atom. The molecule has 2 aromatic rings. The first kappa shape index (κ1) is 20.5. The average Bonchev–Trinajstić information content (AvgIpc) is 2.68. The number of nitrogens with zero attached hydrogens (tertiary/aromatic N) is 2. The van der Waals surface area contributed by atoms with Gasteiger partial charge in [0.15, 0.2) is 5.17 Å². The van der Waals surface area contributed by atoms with Gasteiger partial charge in [-0.1, -0.05) is 17.8 Å². The smallest absolute Gasteiger partial charge is 0.269 e. The fourth-order valence-electron chi connectivity index (χ4n) is 2.90. The van der Waals surface area contributed by atoms with Crippen LogP contribution in [0.15, 0.2) is 53.5 Å². The first-order chi connectivity index (χ1) is 13.8. The number of carbonyl (C=O) groups is 1. The highest BCUT2D eigenvalue weighted by Gasteiger charge is 2.30. The van der Waals surface area contributed by atoms with Crippen LogP contribution in [-0.2, 0) is 10.3 Å². The first-order valence-corrected chi connectivity index (χ1v) is 9.77. The number of nitrogens with two attached hydrogens (primary N) is 1. The Labute approximate surface area is 171 Å². The molecule has 1 unspecified atom stereocenters. The molecule has 3 rings (SSSR count). The largest absolute Gasteiger partial charge is 0.379 e. The zero-order valence-electron chi connectivity index (χ0n) is 15.6. The number of hydrogen-bond donors (Lipinski definition) is 2. The molecule has 3 N–H and O–H groups in total. The van der Waals surface area contributed by atoms with Gasteiger partial charge in [-0.15, -0.1) is 0 Å². The number of halogens is 1. The molecule has 150 valence electrons. The monoisotopic (exact) mass is 414 g/mol. The Bertz CT molecular complexity index is 1010. The van der Waals surface area contributed by atoms with Gasteiger partial charge in [-0.3, -0.25) is 19.9 Å². The van der Waals surface area contributed by atoms with Crippen molar-refractivity contribution in [1.29, 1.82) is 0 Å². The minimum absolute atomic E-state index is 0.0385. The van der Waals surface area contributed by atoms with Crippen molar-refractivity contribution in [1.82, 2.24) is 0 Å². The van der Waals surface area contributed by atoms with E-state index >= 15 is 0 Å². The van der Waals surface area contributed by atoms with Crippen molar-refractivity contribution >= 4 is 40.3 Å². The van der Waals surface area contributed by atoms with Crippen LogP contribution in [-0.4, -0.2) is 21.8 Å². The lowest BCUT2D eigenvalue weighted by Gasteiger charge is -2.30. The Morgan fingerprint density at radius 1 is 1.34 bits per heavy atom. The van der Waals surface area contributed by atoms with Gasteiger partial charge in [-0.2, -0.15) is 0 Å². The van der Waals surface area contributed by atoms with Gasteiger partial charge in [0.05, 0.1) is 16.1 Å². The molecule has 0 bridgehead atoms. The van der Waals surface area contributed by atoms with E-state index in [9.17, 15) is 19.3 Å². The molecule has 0 saturated heterocycles. The van der Waals surface area contributed by atoms with Crippen molar-refractivity contribution in [2.75, 3.05) is 11.1 Å². The summed E-state index contributed by atoms with van der Waals surface area (Å²) in [5, 5.41) is 13.7. The lowest BCUT2D eigenvalue weighted by molar-refractivity contribution is -0.384. The summed E-state index contributed by atoms with van der Waals surface area (Å²) in [5.41, 5.74) is 6.65. The standard InChI is InChI=1S/C20H19FN4O3S/c1-20(10-11-29-19(22)24-20)14-5-8-16(21)17(12-14)23-18(26)9-4-13-2-6-15(7-3-13)25(27)28/h2-9,12H,10-11H2,1H3,(H2,22,24)(H,23,26)/b9-4+. The van der Waals surface area contributed by atoms with Gasteiger partial charge in [0.1, 0.15) is 5.82 Å². The van der Waals surface area contributed by atoms with E-state index in [1.165, 1.54) is 54.2 Å². The molecule has 1 aliphatic rings. The van der Waals surface area contributed by atoms with Gasteiger partial charge in [0, 0.05) is 24.0 Å². The van der Waals surface area contributed by atoms with E-state index in [0.717, 1.165) is 17.7 Å². The van der Waals surface area contributed by atoms with Crippen molar-refractivity contribution in [3.05, 3.63) is 75.6 Å². The topological polar surface area (TPSA) is 111 Å². The highest BCUT2D eigenvalue weighted by Crippen LogP contribution is 2.36. The van der Waals surface area contributed by atoms with Gasteiger partial charge in [-0.25, -0.2) is 4.39 Å². The van der Waals surface area contributed by atoms with Crippen molar-refractivity contribution in [2.45, 2.75) is 18.9 Å². The van der Waals surface area contributed by atoms with E-state index in [2.05, 4.69) is 10.3 Å². The van der Waals surface area contributed by atoms with Gasteiger partial charge >= 0.3 is 0 Å². The SMILES string of the molecule is CC1(c2ccc(F)c(NC(=O)/C=C/c3ccc([N+](=O)[O-])cc3)c2)CCSC(N)=N1. The fourth-order valence-corrected chi connectivity index (χ4v) is 3.88. The van der Waals surface area contributed by atoms with Crippen molar-refractivity contribution in [2.24, 2.45) is 10.7 Å². The van der Waals surface area contributed by atoms with E-state index in [1.807, 2.05) is 6.92 Å². The Hall–Kier alpha value is -3.20. The van der Waals surface area contributed by atoms with Gasteiger partial charge < -0.3 is 11.1 Å². The quantitative estimate of drug-likeness (QED) is 0.436. The maximum absolute atomic E-state index is 14.2. The molecular weight excluding hydrogens is 395 g/mol. The number of nitrogens with one attached hydrogen (secondary N) is 1. The maximum atomic E-state index is 14.2. The second kappa shape index (κ2) is 8.44. The summed E-state index contributed by atoms with van der Waals surface area (Å²) >= 11 is 1.48. The zero-order valence-corrected chi connectivity index (χ0v) is 16.4. The van der Waals surface area contributed by atoms with Gasteiger partial charge in [-0.05, 0) is 54.8 Å². The highest BCUT2D eigenvalue weighted by atomic mass is 32.2. The number of hydrogen-bond acceptors (Lipinski definition) is 6. The van der Waals surface area contributed by atoms with Crippen LogP contribution in [0.5, 0.6) is 0 Å². The number of benzene rings is 2. The highest BCUT2D eigenvalue weighted by molar-refractivity contribution is 8.13. The number of amides is 1. The first-order valence-electron chi connectivity index (χ1n) is 8.78. The molecule has 1 aliphatic heterocycles. The molecule has 0 saturated carbocycles. The third kappa shape index (κ3) is 5.00. The van der Waals surface area contributed by atoms with Crippen LogP contribution in [0.1, 0.15) is 24.5 Å². The van der Waals surface area contributed by atoms with E-state index < -0.39 is 22.2 Å². The van der Waals surface area contributed by atoms with Crippen LogP contribution in [0.3, 0.4) is 0 Å². The summed E-state index contributed by atoms with van der Waals surface area (Å²) in [6, 6.07) is 10.2. The van der Waals surface area contributed by atoms with E-state index in [-0.39, 0.29) is 11.4 Å². The zero-order chi connectivity index (χ0) is 21.0. The fraction of sp³-hybridized carbons (Fsp3) is 0.200. The number of rotatable bonds is 5. The predicted octanol–water partition coefficient (Wildman–Crippen LogP) is 4.05. The second-order valence-electron chi connectivity index (χ2n) is 6.69. The minimum Gasteiger partial charge on any atom is -0.379 e. The summed E-state index contributed by atoms with van der Waals surface area (Å²) in [5.74, 6) is -0.272. The van der Waals surface area contributed by atoms with E-state index in [0.29, 0.717) is 10.7 Å². The van der Waals surface area contributed by atoms with Crippen LogP contribution >= 0.6 is 11.8 Å². The van der Waals surface area contributed by atoms with Crippen molar-refractivity contribution in [3.8, 4) is 0 Å². The summed E-state index contributed by atoms with van der Waals surface area (Å²) < 4.78 is 14.2. The summed E-state index contributed by atoms with van der Waals surface area (Å²) in [7, 11) is 0. The number of nitro groups is 1. The molecule has 0 radical (unpaired) electrons. The van der Waals surface area contributed by atoms with Crippen LogP contribution in [0.25, 0.3) is 6.08 Å². The van der Waals surface area contributed by atoms with Gasteiger partial charge in [0.2, 0.25) is 5.91 Å². The normalized spacial score (nSPS) is 19.0. The number of amidine groups is 1. The molecule has 9 heteroatoms. The maximum Gasteiger partial charge on any atom is 0.269 e. The van der Waals surface area contributed by atoms with Gasteiger partial charge in [0.25, 0.3) is 5.69 Å². The molecule has 29 heavy (non-hydrogen) atoms. The third-order valence-electron chi connectivity index (χ3n) is 4.57. The van der Waals surface area contributed by atoms with Crippen LogP contribution in [0.4, 0.5) is 15.8 Å². The summed E-state index contributed by atoms with van der Waals surface area (Å²) in [6.45, 7) is 1.92. The molecule has 0 aliphatic carbocycles. The number of anilines is 1. The number of non-ortho nitro benzene ring substituents is 1. The summed E-state index contributed by atoms with van der Waals surface area (Å²) in [6.07, 6.45) is 3.48. The van der Waals surface area contributed by atoms with Crippen molar-refractivity contribution < 1.29 is 14.1 Å². The molecule has 0 aromatic heterocycles. The molecule has 1 amide bonds. The predicted molar refractivity (Wildman–Crippen MR) is 113 cm³/mol. The second-order valence-corrected chi connectivity index (χ2v) is 7.80. The summed E-state index contributed by atoms with van der Waals surface area (Å²) in [4.78, 5) is 26.9. The molecule has 0 spiro atoms. The minimum atomic E-state index is -0.572. The molecule has 1 atom stereocenters. The Kier molecular flexibility index (Phi) is 5.97. The van der Waals surface area contributed by atoms with Crippen LogP contribution < -0.4 is 11.1 Å². The number of carbonyl (C=O) groups excluding carboxylic acids is 1. The number of aliphatic imine (C=N–C) groups is 1. The molecular formula is C20H19FN4O3S. The van der Waals surface area contributed by atoms with Crippen LogP contribution in [0.2, 0.25) is 0 Å². The molecule has 1 heterocycles. The van der Waals surface area contributed by atoms with Crippen LogP contribution in [0, 0.1) is 15.9 Å². The van der Waals surface area contributed by atoms with E-state index in [4.69, 9.17) is 5.73 Å². The average molecular weight is 414 g/mol. The Balaban J connectivity index is 1.75.